The highest BCUT2D eigenvalue weighted by molar-refractivity contribution is 5.26. The summed E-state index contributed by atoms with van der Waals surface area (Å²) in [6, 6.07) is 0. The second kappa shape index (κ2) is 4.58. The van der Waals surface area contributed by atoms with Gasteiger partial charge in [0.25, 0.3) is 0 Å². The topological polar surface area (TPSA) is 60.7 Å². The summed E-state index contributed by atoms with van der Waals surface area (Å²) in [5.74, 6) is -1.33. The Kier molecular flexibility index (Phi) is 3.16. The molecule has 0 aromatic carbocycles. The van der Waals surface area contributed by atoms with E-state index < -0.39 is 11.9 Å². The van der Waals surface area contributed by atoms with Crippen molar-refractivity contribution in [2.75, 3.05) is 0 Å². The molecule has 0 aliphatic heterocycles. The van der Waals surface area contributed by atoms with Crippen molar-refractivity contribution in [3.8, 4) is 0 Å². The van der Waals surface area contributed by atoms with Crippen molar-refractivity contribution >= 4 is 0 Å². The Morgan fingerprint density at radius 3 is 2.64 bits per heavy atom. The van der Waals surface area contributed by atoms with Crippen LogP contribution in [0.15, 0.2) is 11.6 Å². The normalized spacial score (nSPS) is 53.2. The first-order valence-electron chi connectivity index (χ1n) is 9.10. The van der Waals surface area contributed by atoms with Gasteiger partial charge in [-0.15, -0.1) is 0 Å². The molecule has 0 bridgehead atoms. The zero-order chi connectivity index (χ0) is 15.8. The number of hydrogen-bond donors (Lipinski definition) is 3. The van der Waals surface area contributed by atoms with Gasteiger partial charge in [-0.2, -0.15) is 0 Å². The van der Waals surface area contributed by atoms with Crippen LogP contribution >= 0.6 is 0 Å². The Morgan fingerprint density at radius 2 is 1.86 bits per heavy atom. The first kappa shape index (κ1) is 15.2. The fourth-order valence-electron chi connectivity index (χ4n) is 6.78. The lowest BCUT2D eigenvalue weighted by molar-refractivity contribution is -0.244. The van der Waals surface area contributed by atoms with Crippen LogP contribution in [0.4, 0.5) is 0 Å². The number of aliphatic hydroxyl groups is 3. The zero-order valence-corrected chi connectivity index (χ0v) is 13.9. The number of hydrogen-bond acceptors (Lipinski definition) is 3. The molecule has 3 heteroatoms. The van der Waals surface area contributed by atoms with E-state index in [0.717, 1.165) is 32.1 Å². The molecular formula is C19H30O3. The molecule has 0 aromatic rings. The van der Waals surface area contributed by atoms with E-state index in [9.17, 15) is 15.3 Å². The molecule has 6 atom stereocenters. The average molecular weight is 306 g/mol. The molecule has 3 N–H and O–H groups in total. The summed E-state index contributed by atoms with van der Waals surface area (Å²) in [6.45, 7) is 4.58. The van der Waals surface area contributed by atoms with Crippen LogP contribution < -0.4 is 0 Å². The van der Waals surface area contributed by atoms with Crippen LogP contribution in [0.1, 0.15) is 65.2 Å². The minimum absolute atomic E-state index is 0.0160. The van der Waals surface area contributed by atoms with Crippen LogP contribution in [-0.4, -0.2) is 27.2 Å². The standard InChI is InChI=1S/C19H30O3/c1-17-8-6-13-15(16(17)19(21,22)10-9-17)14(20)11-12-5-3-4-7-18(12,13)2/h5,13-16,20-22H,3-4,6-11H2,1-2H3/t13-,14?,15-,16-,17+,18-/m0/s1. The molecule has 4 aliphatic rings. The van der Waals surface area contributed by atoms with Crippen LogP contribution in [-0.2, 0) is 0 Å². The Morgan fingerprint density at radius 1 is 1.09 bits per heavy atom. The van der Waals surface area contributed by atoms with Crippen molar-refractivity contribution in [1.29, 1.82) is 0 Å². The molecule has 0 aromatic heterocycles. The lowest BCUT2D eigenvalue weighted by atomic mass is 9.46. The lowest BCUT2D eigenvalue weighted by Crippen LogP contribution is -2.58. The first-order valence-corrected chi connectivity index (χ1v) is 9.10. The minimum atomic E-state index is -1.59. The van der Waals surface area contributed by atoms with Gasteiger partial charge in [0, 0.05) is 12.3 Å². The third-order valence-corrected chi connectivity index (χ3v) is 7.91. The largest absolute Gasteiger partial charge is 0.392 e. The van der Waals surface area contributed by atoms with Crippen LogP contribution in [0.2, 0.25) is 0 Å². The van der Waals surface area contributed by atoms with Crippen molar-refractivity contribution in [3.63, 3.8) is 0 Å². The van der Waals surface area contributed by atoms with Crippen LogP contribution in [0.5, 0.6) is 0 Å². The van der Waals surface area contributed by atoms with Crippen molar-refractivity contribution < 1.29 is 15.3 Å². The van der Waals surface area contributed by atoms with Gasteiger partial charge in [-0.05, 0) is 67.6 Å². The number of rotatable bonds is 0. The lowest BCUT2D eigenvalue weighted by Gasteiger charge is -2.60. The summed E-state index contributed by atoms with van der Waals surface area (Å²) in [6.07, 6.45) is 9.77. The van der Waals surface area contributed by atoms with Gasteiger partial charge in [-0.3, -0.25) is 0 Å². The molecule has 4 rings (SSSR count). The highest BCUT2D eigenvalue weighted by Crippen LogP contribution is 2.66. The maximum Gasteiger partial charge on any atom is 0.166 e. The van der Waals surface area contributed by atoms with E-state index in [-0.39, 0.29) is 22.7 Å². The summed E-state index contributed by atoms with van der Waals surface area (Å²) in [7, 11) is 0. The molecule has 3 nitrogen and oxygen atoms in total. The molecule has 3 fully saturated rings. The smallest absolute Gasteiger partial charge is 0.166 e. The van der Waals surface area contributed by atoms with Gasteiger partial charge < -0.3 is 15.3 Å². The Bertz CT molecular complexity index is 511. The van der Waals surface area contributed by atoms with E-state index in [1.165, 1.54) is 18.4 Å². The van der Waals surface area contributed by atoms with Crippen molar-refractivity contribution in [2.45, 2.75) is 77.1 Å². The maximum atomic E-state index is 10.9. The van der Waals surface area contributed by atoms with E-state index in [1.54, 1.807) is 0 Å². The summed E-state index contributed by atoms with van der Waals surface area (Å²) in [4.78, 5) is 0. The van der Waals surface area contributed by atoms with Gasteiger partial charge in [0.1, 0.15) is 0 Å². The molecule has 124 valence electrons. The molecular weight excluding hydrogens is 276 g/mol. The maximum absolute atomic E-state index is 10.9. The molecule has 3 saturated carbocycles. The predicted molar refractivity (Wildman–Crippen MR) is 84.9 cm³/mol. The van der Waals surface area contributed by atoms with E-state index in [2.05, 4.69) is 19.9 Å². The van der Waals surface area contributed by atoms with Crippen molar-refractivity contribution in [2.24, 2.45) is 28.6 Å². The Hall–Kier alpha value is -0.380. The van der Waals surface area contributed by atoms with E-state index in [0.29, 0.717) is 12.3 Å². The van der Waals surface area contributed by atoms with E-state index >= 15 is 0 Å². The second-order valence-corrected chi connectivity index (χ2v) is 9.04. The Labute approximate surface area is 133 Å². The fraction of sp³-hybridized carbons (Fsp3) is 0.895. The molecule has 0 saturated heterocycles. The van der Waals surface area contributed by atoms with E-state index in [4.69, 9.17) is 0 Å². The molecule has 22 heavy (non-hydrogen) atoms. The predicted octanol–water partition coefficient (Wildman–Crippen LogP) is 2.99. The van der Waals surface area contributed by atoms with Gasteiger partial charge in [-0.1, -0.05) is 25.5 Å². The SMILES string of the molecule is C[C@]12CC[C@H]3[C@@H](C(O)CC4=CCCC[C@@]43C)[C@@H]1C(O)(O)CC2. The summed E-state index contributed by atoms with van der Waals surface area (Å²) >= 11 is 0. The number of aliphatic hydroxyl groups excluding tert-OH is 1. The number of allylic oxidation sites excluding steroid dienone is 1. The highest BCUT2D eigenvalue weighted by atomic mass is 16.5. The highest BCUT2D eigenvalue weighted by Gasteiger charge is 2.65. The molecule has 0 amide bonds. The monoisotopic (exact) mass is 306 g/mol. The zero-order valence-electron chi connectivity index (χ0n) is 13.9. The van der Waals surface area contributed by atoms with Crippen LogP contribution in [0.3, 0.4) is 0 Å². The van der Waals surface area contributed by atoms with Crippen LogP contribution in [0.25, 0.3) is 0 Å². The van der Waals surface area contributed by atoms with Gasteiger partial charge in [-0.25, -0.2) is 0 Å². The molecule has 0 heterocycles. The van der Waals surface area contributed by atoms with Crippen molar-refractivity contribution in [3.05, 3.63) is 11.6 Å². The van der Waals surface area contributed by atoms with Gasteiger partial charge >= 0.3 is 0 Å². The second-order valence-electron chi connectivity index (χ2n) is 9.04. The van der Waals surface area contributed by atoms with Gasteiger partial charge in [0.15, 0.2) is 5.79 Å². The van der Waals surface area contributed by atoms with Crippen LogP contribution in [0, 0.1) is 28.6 Å². The quantitative estimate of drug-likeness (QED) is 0.476. The molecule has 1 unspecified atom stereocenters. The minimum Gasteiger partial charge on any atom is -0.392 e. The van der Waals surface area contributed by atoms with Gasteiger partial charge in [0.2, 0.25) is 0 Å². The average Bonchev–Trinajstić information content (AvgIpc) is 2.71. The molecule has 0 spiro atoms. The number of fused-ring (bicyclic) bond motifs is 5. The summed E-state index contributed by atoms with van der Waals surface area (Å²) < 4.78 is 0. The summed E-state index contributed by atoms with van der Waals surface area (Å²) in [5, 5.41) is 32.1. The van der Waals surface area contributed by atoms with Gasteiger partial charge in [0.05, 0.1) is 6.10 Å². The third-order valence-electron chi connectivity index (χ3n) is 7.91. The van der Waals surface area contributed by atoms with E-state index in [1.807, 2.05) is 0 Å². The third kappa shape index (κ3) is 1.85. The molecule has 4 aliphatic carbocycles. The summed E-state index contributed by atoms with van der Waals surface area (Å²) in [5.41, 5.74) is 1.59. The van der Waals surface area contributed by atoms with Crippen molar-refractivity contribution in [1.82, 2.24) is 0 Å². The fourth-order valence-corrected chi connectivity index (χ4v) is 6.78. The molecule has 0 radical (unpaired) electrons. The Balaban J connectivity index is 1.78. The first-order chi connectivity index (χ1) is 10.3.